The molecule has 2 atom stereocenters. The molecule has 1 aromatic rings. The molecule has 0 radical (unpaired) electrons. The van der Waals surface area contributed by atoms with E-state index in [0.29, 0.717) is 29.0 Å². The van der Waals surface area contributed by atoms with Crippen LogP contribution in [0.15, 0.2) is 12.1 Å². The molecule has 4 nitrogen and oxygen atoms in total. The first kappa shape index (κ1) is 14.4. The fourth-order valence-corrected chi connectivity index (χ4v) is 3.24. The summed E-state index contributed by atoms with van der Waals surface area (Å²) in [5.41, 5.74) is 6.94. The van der Waals surface area contributed by atoms with Crippen LogP contribution in [0.1, 0.15) is 18.0 Å². The van der Waals surface area contributed by atoms with Crippen molar-refractivity contribution in [3.63, 3.8) is 0 Å². The van der Waals surface area contributed by atoms with Crippen LogP contribution in [-0.4, -0.2) is 39.3 Å². The van der Waals surface area contributed by atoms with Gasteiger partial charge in [-0.25, -0.2) is 0 Å². The molecule has 2 N–H and O–H groups in total. The van der Waals surface area contributed by atoms with Gasteiger partial charge < -0.3 is 15.2 Å². The lowest BCUT2D eigenvalue weighted by Crippen LogP contribution is -2.25. The smallest absolute Gasteiger partial charge is 0.179 e. The van der Waals surface area contributed by atoms with Gasteiger partial charge in [-0.1, -0.05) is 17.7 Å². The molecular formula is C14H21ClN2O2. The largest absolute Gasteiger partial charge is 0.493 e. The second kappa shape index (κ2) is 5.99. The highest BCUT2D eigenvalue weighted by Crippen LogP contribution is 2.45. The zero-order chi connectivity index (χ0) is 14.0. The van der Waals surface area contributed by atoms with Gasteiger partial charge >= 0.3 is 0 Å². The summed E-state index contributed by atoms with van der Waals surface area (Å²) in [6.45, 7) is 1.71. The number of nitrogens with two attached hydrogens (primary N) is 1. The van der Waals surface area contributed by atoms with Crippen molar-refractivity contribution in [3.05, 3.63) is 22.7 Å². The zero-order valence-corrected chi connectivity index (χ0v) is 12.4. The molecule has 0 aromatic heterocycles. The Balaban J connectivity index is 2.45. The summed E-state index contributed by atoms with van der Waals surface area (Å²) in [5.74, 6) is 1.68. The maximum Gasteiger partial charge on any atom is 0.179 e. The van der Waals surface area contributed by atoms with Crippen LogP contribution in [-0.2, 0) is 0 Å². The SMILES string of the molecule is COc1ccc(C2C(CN)CCN2C)c(Cl)c1OC. The summed E-state index contributed by atoms with van der Waals surface area (Å²) >= 11 is 6.49. The Bertz CT molecular complexity index is 453. The first-order chi connectivity index (χ1) is 9.13. The minimum absolute atomic E-state index is 0.248. The number of rotatable bonds is 4. The molecule has 1 aromatic carbocycles. The molecule has 0 spiro atoms. The molecule has 0 saturated carbocycles. The van der Waals surface area contributed by atoms with Gasteiger partial charge in [0.25, 0.3) is 0 Å². The Kier molecular flexibility index (Phi) is 4.55. The maximum atomic E-state index is 6.49. The first-order valence-corrected chi connectivity index (χ1v) is 6.82. The van der Waals surface area contributed by atoms with Crippen LogP contribution in [0.2, 0.25) is 5.02 Å². The van der Waals surface area contributed by atoms with Gasteiger partial charge in [0.15, 0.2) is 11.5 Å². The molecular weight excluding hydrogens is 264 g/mol. The van der Waals surface area contributed by atoms with Crippen molar-refractivity contribution in [2.45, 2.75) is 12.5 Å². The average Bonchev–Trinajstić information content (AvgIpc) is 2.79. The van der Waals surface area contributed by atoms with Crippen molar-refractivity contribution < 1.29 is 9.47 Å². The molecule has 1 aliphatic heterocycles. The Hall–Kier alpha value is -0.970. The molecule has 2 rings (SSSR count). The van der Waals surface area contributed by atoms with Crippen molar-refractivity contribution in [2.75, 3.05) is 34.4 Å². The maximum absolute atomic E-state index is 6.49. The van der Waals surface area contributed by atoms with Gasteiger partial charge in [-0.3, -0.25) is 4.90 Å². The number of ether oxygens (including phenoxy) is 2. The van der Waals surface area contributed by atoms with E-state index in [1.165, 1.54) is 0 Å². The molecule has 0 bridgehead atoms. The molecule has 1 heterocycles. The second-order valence-corrected chi connectivity index (χ2v) is 5.29. The highest BCUT2D eigenvalue weighted by atomic mass is 35.5. The quantitative estimate of drug-likeness (QED) is 0.922. The van der Waals surface area contributed by atoms with E-state index in [1.54, 1.807) is 14.2 Å². The van der Waals surface area contributed by atoms with Crippen molar-refractivity contribution >= 4 is 11.6 Å². The van der Waals surface area contributed by atoms with E-state index in [9.17, 15) is 0 Å². The summed E-state index contributed by atoms with van der Waals surface area (Å²) in [6, 6.07) is 4.16. The third-order valence-corrected chi connectivity index (χ3v) is 4.30. The molecule has 106 valence electrons. The highest BCUT2D eigenvalue weighted by molar-refractivity contribution is 6.33. The van der Waals surface area contributed by atoms with Crippen molar-refractivity contribution in [1.82, 2.24) is 4.90 Å². The predicted molar refractivity (Wildman–Crippen MR) is 77.1 cm³/mol. The number of halogens is 1. The van der Waals surface area contributed by atoms with Crippen LogP contribution < -0.4 is 15.2 Å². The number of hydrogen-bond acceptors (Lipinski definition) is 4. The van der Waals surface area contributed by atoms with Crippen LogP contribution in [0, 0.1) is 5.92 Å². The Labute approximate surface area is 119 Å². The topological polar surface area (TPSA) is 47.7 Å². The summed E-state index contributed by atoms with van der Waals surface area (Å²) in [5, 5.41) is 0.624. The highest BCUT2D eigenvalue weighted by Gasteiger charge is 2.34. The third kappa shape index (κ3) is 2.53. The second-order valence-electron chi connectivity index (χ2n) is 4.91. The third-order valence-electron chi connectivity index (χ3n) is 3.91. The summed E-state index contributed by atoms with van der Waals surface area (Å²) in [4.78, 5) is 2.30. The average molecular weight is 285 g/mol. The monoisotopic (exact) mass is 284 g/mol. The predicted octanol–water partition coefficient (Wildman–Crippen LogP) is 2.31. The Morgan fingerprint density at radius 3 is 2.68 bits per heavy atom. The van der Waals surface area contributed by atoms with E-state index in [1.807, 2.05) is 12.1 Å². The van der Waals surface area contributed by atoms with Gasteiger partial charge in [-0.05, 0) is 44.1 Å². The molecule has 19 heavy (non-hydrogen) atoms. The summed E-state index contributed by atoms with van der Waals surface area (Å²) in [6.07, 6.45) is 1.10. The molecule has 1 aliphatic rings. The van der Waals surface area contributed by atoms with E-state index in [-0.39, 0.29) is 6.04 Å². The number of nitrogens with zero attached hydrogens (tertiary/aromatic N) is 1. The van der Waals surface area contributed by atoms with Crippen molar-refractivity contribution in [3.8, 4) is 11.5 Å². The lowest BCUT2D eigenvalue weighted by molar-refractivity contribution is 0.278. The number of benzene rings is 1. The van der Waals surface area contributed by atoms with Crippen LogP contribution in [0.3, 0.4) is 0 Å². The molecule has 2 unspecified atom stereocenters. The normalized spacial score (nSPS) is 23.6. The van der Waals surface area contributed by atoms with Crippen LogP contribution in [0.5, 0.6) is 11.5 Å². The molecule has 5 heteroatoms. The fourth-order valence-electron chi connectivity index (χ4n) is 2.90. The van der Waals surface area contributed by atoms with E-state index < -0.39 is 0 Å². The van der Waals surface area contributed by atoms with E-state index in [0.717, 1.165) is 18.5 Å². The van der Waals surface area contributed by atoms with Crippen LogP contribution in [0.25, 0.3) is 0 Å². The lowest BCUT2D eigenvalue weighted by atomic mass is 9.93. The molecule has 0 aliphatic carbocycles. The lowest BCUT2D eigenvalue weighted by Gasteiger charge is -2.26. The Morgan fingerprint density at radius 1 is 1.37 bits per heavy atom. The summed E-state index contributed by atoms with van der Waals surface area (Å²) < 4.78 is 10.6. The van der Waals surface area contributed by atoms with E-state index in [2.05, 4.69) is 11.9 Å². The van der Waals surface area contributed by atoms with Gasteiger partial charge in [0.2, 0.25) is 0 Å². The van der Waals surface area contributed by atoms with Gasteiger partial charge in [-0.15, -0.1) is 0 Å². The minimum atomic E-state index is 0.248. The molecule has 1 fully saturated rings. The fraction of sp³-hybridized carbons (Fsp3) is 0.571. The first-order valence-electron chi connectivity index (χ1n) is 6.44. The number of hydrogen-bond donors (Lipinski definition) is 1. The zero-order valence-electron chi connectivity index (χ0n) is 11.6. The minimum Gasteiger partial charge on any atom is -0.493 e. The standard InChI is InChI=1S/C14H21ClN2O2/c1-17-7-6-9(8-16)13(17)10-4-5-11(18-2)14(19-3)12(10)15/h4-5,9,13H,6-8,16H2,1-3H3. The van der Waals surface area contributed by atoms with Crippen LogP contribution in [0.4, 0.5) is 0 Å². The molecule has 0 amide bonds. The van der Waals surface area contributed by atoms with Gasteiger partial charge in [0.05, 0.1) is 19.2 Å². The molecule has 1 saturated heterocycles. The van der Waals surface area contributed by atoms with E-state index >= 15 is 0 Å². The summed E-state index contributed by atoms with van der Waals surface area (Å²) in [7, 11) is 5.32. The van der Waals surface area contributed by atoms with Crippen molar-refractivity contribution in [2.24, 2.45) is 11.7 Å². The van der Waals surface area contributed by atoms with Crippen molar-refractivity contribution in [1.29, 1.82) is 0 Å². The van der Waals surface area contributed by atoms with Gasteiger partial charge in [-0.2, -0.15) is 0 Å². The Morgan fingerprint density at radius 2 is 2.11 bits per heavy atom. The number of likely N-dealkylation sites (tertiary alicyclic amines) is 1. The van der Waals surface area contributed by atoms with Crippen LogP contribution >= 0.6 is 11.6 Å². The van der Waals surface area contributed by atoms with Gasteiger partial charge in [0.1, 0.15) is 0 Å². The van der Waals surface area contributed by atoms with E-state index in [4.69, 9.17) is 26.8 Å². The van der Waals surface area contributed by atoms with Gasteiger partial charge in [0, 0.05) is 6.04 Å². The number of methoxy groups -OCH3 is 2.